The Labute approximate surface area is 127 Å². The van der Waals surface area contributed by atoms with Gasteiger partial charge in [-0.3, -0.25) is 9.79 Å². The van der Waals surface area contributed by atoms with Crippen LogP contribution in [0.2, 0.25) is 0 Å². The van der Waals surface area contributed by atoms with Crippen LogP contribution in [0.4, 0.5) is 0 Å². The molecule has 0 aromatic heterocycles. The second kappa shape index (κ2) is 6.74. The number of nitrogens with zero attached hydrogens (tertiary/aromatic N) is 2. The first-order valence-corrected chi connectivity index (χ1v) is 7.63. The van der Waals surface area contributed by atoms with Crippen LogP contribution in [0.3, 0.4) is 0 Å². The highest BCUT2D eigenvalue weighted by atomic mass is 16.2. The summed E-state index contributed by atoms with van der Waals surface area (Å²) in [7, 11) is 0. The van der Waals surface area contributed by atoms with Gasteiger partial charge in [0.05, 0.1) is 0 Å². The quantitative estimate of drug-likeness (QED) is 0.928. The van der Waals surface area contributed by atoms with Gasteiger partial charge < -0.3 is 10.2 Å². The third kappa shape index (κ3) is 4.31. The van der Waals surface area contributed by atoms with Crippen molar-refractivity contribution in [3.63, 3.8) is 0 Å². The minimum Gasteiger partial charge on any atom is -0.366 e. The third-order valence-electron chi connectivity index (χ3n) is 3.59. The molecule has 0 unspecified atom stereocenters. The lowest BCUT2D eigenvalue weighted by Crippen LogP contribution is -2.51. The fraction of sp³-hybridized carbons (Fsp3) is 0.529. The average Bonchev–Trinajstić information content (AvgIpc) is 2.73. The average molecular weight is 287 g/mol. The largest absolute Gasteiger partial charge is 0.366 e. The molecule has 4 nitrogen and oxygen atoms in total. The van der Waals surface area contributed by atoms with Gasteiger partial charge in [0.1, 0.15) is 0 Å². The lowest BCUT2D eigenvalue weighted by Gasteiger charge is -2.36. The van der Waals surface area contributed by atoms with Crippen molar-refractivity contribution in [2.45, 2.75) is 45.7 Å². The second-order valence-electron chi connectivity index (χ2n) is 6.41. The van der Waals surface area contributed by atoms with Gasteiger partial charge >= 0.3 is 0 Å². The van der Waals surface area contributed by atoms with Crippen molar-refractivity contribution in [2.24, 2.45) is 4.99 Å². The van der Waals surface area contributed by atoms with Gasteiger partial charge in [0.2, 0.25) is 0 Å². The standard InChI is InChI=1S/C17H25N3O/c1-17(2,3)20(13-14-9-5-4-6-10-14)16(21)15-18-11-7-8-12-19-15/h4-6,9-10H,7-8,11-13H2,1-3H3,(H,18,19). The van der Waals surface area contributed by atoms with Crippen LogP contribution >= 0.6 is 0 Å². The first-order chi connectivity index (χ1) is 9.98. The normalized spacial score (nSPS) is 15.7. The number of amidine groups is 1. The first-order valence-electron chi connectivity index (χ1n) is 7.63. The maximum Gasteiger partial charge on any atom is 0.289 e. The van der Waals surface area contributed by atoms with Gasteiger partial charge in [0.25, 0.3) is 5.91 Å². The van der Waals surface area contributed by atoms with Crippen molar-refractivity contribution in [3.8, 4) is 0 Å². The number of carbonyl (C=O) groups excluding carboxylic acids is 1. The maximum atomic E-state index is 12.8. The molecule has 1 heterocycles. The van der Waals surface area contributed by atoms with E-state index in [1.807, 2.05) is 35.2 Å². The Kier molecular flexibility index (Phi) is 4.99. The van der Waals surface area contributed by atoms with Gasteiger partial charge in [-0.25, -0.2) is 0 Å². The summed E-state index contributed by atoms with van der Waals surface area (Å²) < 4.78 is 0. The highest BCUT2D eigenvalue weighted by Crippen LogP contribution is 2.18. The number of rotatable bonds is 3. The van der Waals surface area contributed by atoms with E-state index in [0.29, 0.717) is 12.4 Å². The van der Waals surface area contributed by atoms with Crippen molar-refractivity contribution in [1.82, 2.24) is 10.2 Å². The Morgan fingerprint density at radius 3 is 2.62 bits per heavy atom. The minimum atomic E-state index is -0.247. The van der Waals surface area contributed by atoms with E-state index in [2.05, 4.69) is 31.1 Å². The van der Waals surface area contributed by atoms with Gasteiger partial charge in [-0.15, -0.1) is 0 Å². The van der Waals surface area contributed by atoms with Crippen molar-refractivity contribution in [2.75, 3.05) is 13.1 Å². The highest BCUT2D eigenvalue weighted by molar-refractivity contribution is 6.37. The molecule has 0 radical (unpaired) electrons. The van der Waals surface area contributed by atoms with Gasteiger partial charge in [0, 0.05) is 25.2 Å². The zero-order valence-electron chi connectivity index (χ0n) is 13.2. The minimum absolute atomic E-state index is 0.00625. The molecule has 0 saturated heterocycles. The summed E-state index contributed by atoms with van der Waals surface area (Å²) in [5.74, 6) is 0.506. The SMILES string of the molecule is CC(C)(C)N(Cc1ccccc1)C(=O)C1=NCCCCN1. The molecule has 0 fully saturated rings. The summed E-state index contributed by atoms with van der Waals surface area (Å²) in [5.41, 5.74) is 0.888. The van der Waals surface area contributed by atoms with Gasteiger partial charge in [-0.1, -0.05) is 30.3 Å². The van der Waals surface area contributed by atoms with E-state index in [1.54, 1.807) is 0 Å². The topological polar surface area (TPSA) is 44.7 Å². The molecule has 0 aliphatic carbocycles. The van der Waals surface area contributed by atoms with Crippen molar-refractivity contribution >= 4 is 11.7 Å². The van der Waals surface area contributed by atoms with E-state index >= 15 is 0 Å². The molecule has 1 amide bonds. The van der Waals surface area contributed by atoms with Crippen LogP contribution in [0.15, 0.2) is 35.3 Å². The van der Waals surface area contributed by atoms with Crippen LogP contribution in [-0.2, 0) is 11.3 Å². The fourth-order valence-corrected chi connectivity index (χ4v) is 2.34. The number of carbonyl (C=O) groups is 1. The molecule has 1 aliphatic heterocycles. The number of hydrogen-bond donors (Lipinski definition) is 1. The summed E-state index contributed by atoms with van der Waals surface area (Å²) in [6, 6.07) is 10.1. The number of nitrogens with one attached hydrogen (secondary N) is 1. The Morgan fingerprint density at radius 2 is 1.95 bits per heavy atom. The van der Waals surface area contributed by atoms with E-state index in [0.717, 1.165) is 31.5 Å². The van der Waals surface area contributed by atoms with Gasteiger partial charge in [-0.05, 0) is 39.2 Å². The second-order valence-corrected chi connectivity index (χ2v) is 6.41. The zero-order valence-corrected chi connectivity index (χ0v) is 13.2. The summed E-state index contributed by atoms with van der Waals surface area (Å²) in [6.07, 6.45) is 2.10. The molecular formula is C17H25N3O. The fourth-order valence-electron chi connectivity index (χ4n) is 2.34. The van der Waals surface area contributed by atoms with E-state index in [9.17, 15) is 4.79 Å². The molecule has 1 aliphatic rings. The zero-order chi connectivity index (χ0) is 15.3. The molecular weight excluding hydrogens is 262 g/mol. The number of hydrogen-bond acceptors (Lipinski definition) is 3. The molecule has 1 aromatic rings. The molecule has 1 N–H and O–H groups in total. The molecule has 1 aromatic carbocycles. The molecule has 0 atom stereocenters. The lowest BCUT2D eigenvalue weighted by molar-refractivity contribution is -0.129. The third-order valence-corrected chi connectivity index (χ3v) is 3.59. The van der Waals surface area contributed by atoms with Crippen molar-refractivity contribution in [3.05, 3.63) is 35.9 Å². The van der Waals surface area contributed by atoms with Crippen LogP contribution in [0.5, 0.6) is 0 Å². The molecule has 0 spiro atoms. The Hall–Kier alpha value is -1.84. The number of benzene rings is 1. The summed E-state index contributed by atoms with van der Waals surface area (Å²) in [6.45, 7) is 8.34. The molecule has 21 heavy (non-hydrogen) atoms. The predicted molar refractivity (Wildman–Crippen MR) is 86.3 cm³/mol. The van der Waals surface area contributed by atoms with Crippen molar-refractivity contribution in [1.29, 1.82) is 0 Å². The molecule has 4 heteroatoms. The van der Waals surface area contributed by atoms with E-state index in [1.165, 1.54) is 0 Å². The summed E-state index contributed by atoms with van der Waals surface area (Å²) in [4.78, 5) is 19.1. The van der Waals surface area contributed by atoms with Crippen LogP contribution < -0.4 is 5.32 Å². The van der Waals surface area contributed by atoms with E-state index in [-0.39, 0.29) is 11.4 Å². The molecule has 114 valence electrons. The Morgan fingerprint density at radius 1 is 1.24 bits per heavy atom. The highest BCUT2D eigenvalue weighted by Gasteiger charge is 2.29. The molecule has 0 saturated carbocycles. The van der Waals surface area contributed by atoms with Crippen LogP contribution in [0, 0.1) is 0 Å². The first kappa shape index (κ1) is 15.5. The van der Waals surface area contributed by atoms with E-state index in [4.69, 9.17) is 0 Å². The van der Waals surface area contributed by atoms with E-state index < -0.39 is 0 Å². The number of amides is 1. The Bertz CT molecular complexity index is 503. The molecule has 2 rings (SSSR count). The number of aliphatic imine (C=N–C) groups is 1. The molecule has 0 bridgehead atoms. The summed E-state index contributed by atoms with van der Waals surface area (Å²) in [5, 5.41) is 3.18. The monoisotopic (exact) mass is 287 g/mol. The lowest BCUT2D eigenvalue weighted by atomic mass is 10.0. The Balaban J connectivity index is 2.19. The predicted octanol–water partition coefficient (Wildman–Crippen LogP) is 2.60. The summed E-state index contributed by atoms with van der Waals surface area (Å²) >= 11 is 0. The van der Waals surface area contributed by atoms with Crippen LogP contribution in [0.1, 0.15) is 39.2 Å². The van der Waals surface area contributed by atoms with Gasteiger partial charge in [0.15, 0.2) is 5.84 Å². The van der Waals surface area contributed by atoms with Crippen LogP contribution in [0.25, 0.3) is 0 Å². The smallest absolute Gasteiger partial charge is 0.289 e. The van der Waals surface area contributed by atoms with Crippen LogP contribution in [-0.4, -0.2) is 35.3 Å². The van der Waals surface area contributed by atoms with Gasteiger partial charge in [-0.2, -0.15) is 0 Å². The maximum absolute atomic E-state index is 12.8. The van der Waals surface area contributed by atoms with Crippen molar-refractivity contribution < 1.29 is 4.79 Å².